The lowest BCUT2D eigenvalue weighted by atomic mass is 10.1. The zero-order valence-corrected chi connectivity index (χ0v) is 16.2. The summed E-state index contributed by atoms with van der Waals surface area (Å²) in [6.45, 7) is 4.00. The summed E-state index contributed by atoms with van der Waals surface area (Å²) in [7, 11) is 0. The van der Waals surface area contributed by atoms with Gasteiger partial charge in [0.15, 0.2) is 11.4 Å². The zero-order valence-electron chi connectivity index (χ0n) is 16.2. The number of nitrogen functional groups attached to an aromatic ring is 1. The minimum Gasteiger partial charge on any atom is -0.475 e. The molecule has 8 nitrogen and oxygen atoms in total. The second kappa shape index (κ2) is 7.84. The number of piperazine rings is 1. The van der Waals surface area contributed by atoms with E-state index in [9.17, 15) is 17.6 Å². The summed E-state index contributed by atoms with van der Waals surface area (Å²) in [6.07, 6.45) is -2.62. The Balaban J connectivity index is 0.000000289. The normalized spacial score (nSPS) is 19.4. The molecule has 0 saturated carbocycles. The SMILES string of the molecule is Nc1nc(N2CCN3CCCC3C2)c2oc3ccc(F)cc3c2n1.O=C(O)C(F)(F)F. The van der Waals surface area contributed by atoms with E-state index in [1.54, 1.807) is 6.07 Å². The van der Waals surface area contributed by atoms with E-state index in [2.05, 4.69) is 19.8 Å². The number of carbonyl (C=O) groups is 1. The van der Waals surface area contributed by atoms with Crippen LogP contribution in [0.3, 0.4) is 0 Å². The number of fused-ring (bicyclic) bond motifs is 4. The summed E-state index contributed by atoms with van der Waals surface area (Å²) in [6, 6.07) is 5.01. The molecule has 5 rings (SSSR count). The number of aromatic nitrogens is 2. The van der Waals surface area contributed by atoms with Gasteiger partial charge in [0.25, 0.3) is 0 Å². The highest BCUT2D eigenvalue weighted by Gasteiger charge is 2.38. The van der Waals surface area contributed by atoms with Gasteiger partial charge in [0, 0.05) is 31.1 Å². The highest BCUT2D eigenvalue weighted by Crippen LogP contribution is 2.35. The van der Waals surface area contributed by atoms with Crippen LogP contribution in [0.15, 0.2) is 22.6 Å². The third-order valence-electron chi connectivity index (χ3n) is 5.40. The Labute approximate surface area is 173 Å². The van der Waals surface area contributed by atoms with Crippen LogP contribution in [0.5, 0.6) is 0 Å². The molecule has 0 radical (unpaired) electrons. The van der Waals surface area contributed by atoms with Gasteiger partial charge in [-0.1, -0.05) is 0 Å². The summed E-state index contributed by atoms with van der Waals surface area (Å²) >= 11 is 0. The molecule has 2 saturated heterocycles. The molecule has 2 aliphatic heterocycles. The van der Waals surface area contributed by atoms with E-state index in [1.807, 2.05) is 0 Å². The van der Waals surface area contributed by atoms with E-state index in [4.69, 9.17) is 20.1 Å². The van der Waals surface area contributed by atoms with E-state index in [0.717, 1.165) is 25.5 Å². The van der Waals surface area contributed by atoms with E-state index in [0.29, 0.717) is 28.1 Å². The molecular weight excluding hydrogens is 422 g/mol. The molecule has 2 aliphatic rings. The molecule has 3 N–H and O–H groups in total. The molecule has 12 heteroatoms. The van der Waals surface area contributed by atoms with Gasteiger partial charge < -0.3 is 20.2 Å². The van der Waals surface area contributed by atoms with Gasteiger partial charge in [-0.2, -0.15) is 18.2 Å². The molecule has 31 heavy (non-hydrogen) atoms. The molecule has 0 spiro atoms. The Bertz CT molecular complexity index is 1130. The fraction of sp³-hybridized carbons (Fsp3) is 0.421. The molecule has 0 bridgehead atoms. The Kier molecular flexibility index (Phi) is 5.33. The fourth-order valence-corrected chi connectivity index (χ4v) is 4.02. The topological polar surface area (TPSA) is 109 Å². The van der Waals surface area contributed by atoms with Crippen molar-refractivity contribution in [2.45, 2.75) is 25.1 Å². The maximum atomic E-state index is 13.6. The molecule has 166 valence electrons. The van der Waals surface area contributed by atoms with Crippen LogP contribution in [-0.2, 0) is 4.79 Å². The van der Waals surface area contributed by atoms with Gasteiger partial charge in [-0.25, -0.2) is 14.2 Å². The van der Waals surface area contributed by atoms with Crippen molar-refractivity contribution in [2.24, 2.45) is 0 Å². The zero-order chi connectivity index (χ0) is 22.3. The van der Waals surface area contributed by atoms with Crippen LogP contribution in [0.4, 0.5) is 29.3 Å². The van der Waals surface area contributed by atoms with Gasteiger partial charge in [-0.3, -0.25) is 4.90 Å². The molecule has 1 atom stereocenters. The minimum absolute atomic E-state index is 0.193. The smallest absolute Gasteiger partial charge is 0.475 e. The van der Waals surface area contributed by atoms with Gasteiger partial charge in [0.1, 0.15) is 16.9 Å². The van der Waals surface area contributed by atoms with Crippen molar-refractivity contribution in [2.75, 3.05) is 36.8 Å². The molecule has 0 aliphatic carbocycles. The first-order valence-electron chi connectivity index (χ1n) is 9.58. The number of furan rings is 1. The lowest BCUT2D eigenvalue weighted by Crippen LogP contribution is -2.50. The number of hydrogen-bond acceptors (Lipinski definition) is 7. The Morgan fingerprint density at radius 3 is 2.68 bits per heavy atom. The van der Waals surface area contributed by atoms with Crippen molar-refractivity contribution < 1.29 is 31.9 Å². The first kappa shape index (κ1) is 21.1. The van der Waals surface area contributed by atoms with Crippen LogP contribution in [0.2, 0.25) is 0 Å². The standard InChI is InChI=1S/C17H18FN5O.C2HF3O2/c18-10-3-4-13-12(8-10)14-15(24-13)16(21-17(19)20-14)23-7-6-22-5-1-2-11(22)9-23;3-2(4,5)1(6)7/h3-4,8,11H,1-2,5-7,9H2,(H2,19,20,21);(H,6,7). The number of nitrogens with two attached hydrogens (primary N) is 1. The highest BCUT2D eigenvalue weighted by atomic mass is 19.4. The molecule has 2 aromatic heterocycles. The summed E-state index contributed by atoms with van der Waals surface area (Å²) in [5.74, 6) is -2.16. The van der Waals surface area contributed by atoms with E-state index >= 15 is 0 Å². The Morgan fingerprint density at radius 1 is 1.23 bits per heavy atom. The first-order chi connectivity index (χ1) is 14.6. The second-order valence-corrected chi connectivity index (χ2v) is 7.41. The Hall–Kier alpha value is -3.15. The average Bonchev–Trinajstić information content (AvgIpc) is 3.31. The highest BCUT2D eigenvalue weighted by molar-refractivity contribution is 6.06. The lowest BCUT2D eigenvalue weighted by molar-refractivity contribution is -0.192. The number of hydrogen-bond donors (Lipinski definition) is 2. The van der Waals surface area contributed by atoms with Crippen molar-refractivity contribution in [1.82, 2.24) is 14.9 Å². The van der Waals surface area contributed by atoms with Crippen molar-refractivity contribution >= 4 is 39.8 Å². The van der Waals surface area contributed by atoms with Gasteiger partial charge in [0.2, 0.25) is 5.95 Å². The number of anilines is 2. The maximum Gasteiger partial charge on any atom is 0.490 e. The number of rotatable bonds is 1. The Morgan fingerprint density at radius 2 is 1.97 bits per heavy atom. The summed E-state index contributed by atoms with van der Waals surface area (Å²) in [5, 5.41) is 7.76. The van der Waals surface area contributed by atoms with Gasteiger partial charge in [-0.15, -0.1) is 0 Å². The molecule has 3 aromatic rings. The van der Waals surface area contributed by atoms with E-state index in [1.165, 1.54) is 31.5 Å². The molecule has 0 amide bonds. The molecule has 1 aromatic carbocycles. The fourth-order valence-electron chi connectivity index (χ4n) is 4.02. The van der Waals surface area contributed by atoms with Gasteiger partial charge in [0.05, 0.1) is 0 Å². The first-order valence-corrected chi connectivity index (χ1v) is 9.58. The average molecular weight is 441 g/mol. The number of carboxylic acids is 1. The summed E-state index contributed by atoms with van der Waals surface area (Å²) < 4.78 is 51.3. The quantitative estimate of drug-likeness (QED) is 0.555. The molecule has 2 fully saturated rings. The summed E-state index contributed by atoms with van der Waals surface area (Å²) in [4.78, 5) is 22.4. The monoisotopic (exact) mass is 441 g/mol. The third-order valence-corrected chi connectivity index (χ3v) is 5.40. The van der Waals surface area contributed by atoms with Crippen molar-refractivity contribution in [3.63, 3.8) is 0 Å². The largest absolute Gasteiger partial charge is 0.490 e. The van der Waals surface area contributed by atoms with Crippen molar-refractivity contribution in [3.05, 3.63) is 24.0 Å². The number of halogens is 4. The third kappa shape index (κ3) is 4.20. The second-order valence-electron chi connectivity index (χ2n) is 7.41. The maximum absolute atomic E-state index is 13.6. The van der Waals surface area contributed by atoms with Crippen LogP contribution >= 0.6 is 0 Å². The number of aliphatic carboxylic acids is 1. The number of carboxylic acid groups (broad SMARTS) is 1. The van der Waals surface area contributed by atoms with Crippen LogP contribution < -0.4 is 10.6 Å². The molecular formula is C19H19F4N5O3. The van der Waals surface area contributed by atoms with Crippen molar-refractivity contribution in [3.8, 4) is 0 Å². The summed E-state index contributed by atoms with van der Waals surface area (Å²) in [5.41, 5.74) is 7.71. The molecule has 4 heterocycles. The van der Waals surface area contributed by atoms with Crippen LogP contribution in [0, 0.1) is 5.82 Å². The number of alkyl halides is 3. The predicted molar refractivity (Wildman–Crippen MR) is 104 cm³/mol. The van der Waals surface area contributed by atoms with Crippen LogP contribution in [0.25, 0.3) is 22.1 Å². The predicted octanol–water partition coefficient (Wildman–Crippen LogP) is 3.02. The van der Waals surface area contributed by atoms with Gasteiger partial charge >= 0.3 is 12.1 Å². The number of benzene rings is 1. The van der Waals surface area contributed by atoms with Crippen LogP contribution in [-0.4, -0.2) is 64.3 Å². The van der Waals surface area contributed by atoms with E-state index < -0.39 is 12.1 Å². The van der Waals surface area contributed by atoms with E-state index in [-0.39, 0.29) is 11.8 Å². The number of nitrogens with zero attached hydrogens (tertiary/aromatic N) is 4. The lowest BCUT2D eigenvalue weighted by Gasteiger charge is -2.38. The molecule has 1 unspecified atom stereocenters. The van der Waals surface area contributed by atoms with Crippen LogP contribution in [0.1, 0.15) is 12.8 Å². The minimum atomic E-state index is -5.08. The van der Waals surface area contributed by atoms with Gasteiger partial charge in [-0.05, 0) is 37.6 Å². The van der Waals surface area contributed by atoms with Crippen molar-refractivity contribution in [1.29, 1.82) is 0 Å².